The first-order valence-corrected chi connectivity index (χ1v) is 6.76. The lowest BCUT2D eigenvalue weighted by Gasteiger charge is -2.09. The van der Waals surface area contributed by atoms with Gasteiger partial charge in [0.2, 0.25) is 0 Å². The van der Waals surface area contributed by atoms with Gasteiger partial charge in [0.25, 0.3) is 0 Å². The molecule has 0 bridgehead atoms. The zero-order valence-electron chi connectivity index (χ0n) is 11.3. The molecular formula is C20H16. The molecule has 96 valence electrons. The van der Waals surface area contributed by atoms with Crippen molar-refractivity contribution in [3.8, 4) is 0 Å². The highest BCUT2D eigenvalue weighted by atomic mass is 14.1. The Kier molecular flexibility index (Phi) is 3.47. The van der Waals surface area contributed by atoms with E-state index in [4.69, 9.17) is 0 Å². The van der Waals surface area contributed by atoms with Gasteiger partial charge in [-0.05, 0) is 33.5 Å². The smallest absolute Gasteiger partial charge is 0.0111 e. The van der Waals surface area contributed by atoms with Gasteiger partial charge in [0, 0.05) is 0 Å². The Hall–Kier alpha value is -2.60. The van der Waals surface area contributed by atoms with Gasteiger partial charge in [-0.3, -0.25) is 0 Å². The predicted molar refractivity (Wildman–Crippen MR) is 87.7 cm³/mol. The topological polar surface area (TPSA) is 0 Å². The van der Waals surface area contributed by atoms with E-state index in [1.165, 1.54) is 27.5 Å². The highest BCUT2D eigenvalue weighted by Crippen LogP contribution is 2.26. The minimum atomic E-state index is 1.20. The normalized spacial score (nSPS) is 11.5. The van der Waals surface area contributed by atoms with Crippen molar-refractivity contribution in [2.75, 3.05) is 0 Å². The summed E-state index contributed by atoms with van der Waals surface area (Å²) in [5.74, 6) is 0. The van der Waals surface area contributed by atoms with E-state index in [0.29, 0.717) is 0 Å². The van der Waals surface area contributed by atoms with Crippen molar-refractivity contribution in [3.63, 3.8) is 0 Å². The highest BCUT2D eigenvalue weighted by Gasteiger charge is 2.04. The van der Waals surface area contributed by atoms with Crippen molar-refractivity contribution in [2.45, 2.75) is 0 Å². The Labute approximate surface area is 119 Å². The summed E-state index contributed by atoms with van der Waals surface area (Å²) in [6.07, 6.45) is 3.91. The van der Waals surface area contributed by atoms with Crippen LogP contribution in [0.3, 0.4) is 0 Å². The maximum Gasteiger partial charge on any atom is -0.0111 e. The standard InChI is InChI=1S/C20H16/c1-2-8-20(17-10-4-3-5-11-17)19-14-13-16-9-6-7-12-18(16)15-19/h2-15H,1H2/b20-8-. The maximum absolute atomic E-state index is 3.84. The molecule has 0 N–H and O–H groups in total. The number of rotatable bonds is 3. The highest BCUT2D eigenvalue weighted by molar-refractivity contribution is 5.89. The van der Waals surface area contributed by atoms with Crippen LogP contribution in [0.4, 0.5) is 0 Å². The molecule has 3 rings (SSSR count). The summed E-state index contributed by atoms with van der Waals surface area (Å²) in [5, 5.41) is 2.53. The van der Waals surface area contributed by atoms with Crippen LogP contribution in [0.25, 0.3) is 16.3 Å². The fraction of sp³-hybridized carbons (Fsp3) is 0. The molecule has 0 amide bonds. The Bertz CT molecular complexity index is 764. The van der Waals surface area contributed by atoms with Crippen LogP contribution in [-0.2, 0) is 0 Å². The second-order valence-corrected chi connectivity index (χ2v) is 4.74. The third-order valence-electron chi connectivity index (χ3n) is 3.43. The molecule has 0 fully saturated rings. The quantitative estimate of drug-likeness (QED) is 0.546. The van der Waals surface area contributed by atoms with Gasteiger partial charge in [0.15, 0.2) is 0 Å². The van der Waals surface area contributed by atoms with Crippen molar-refractivity contribution < 1.29 is 0 Å². The number of hydrogen-bond acceptors (Lipinski definition) is 0. The Morgan fingerprint density at radius 3 is 2.15 bits per heavy atom. The molecule has 0 heterocycles. The minimum Gasteiger partial charge on any atom is -0.0990 e. The molecule has 0 aliphatic heterocycles. The van der Waals surface area contributed by atoms with Gasteiger partial charge < -0.3 is 0 Å². The van der Waals surface area contributed by atoms with Gasteiger partial charge in [0.1, 0.15) is 0 Å². The molecule has 0 spiro atoms. The Morgan fingerprint density at radius 1 is 0.700 bits per heavy atom. The van der Waals surface area contributed by atoms with Gasteiger partial charge in [-0.1, -0.05) is 85.5 Å². The number of hydrogen-bond donors (Lipinski definition) is 0. The first-order valence-electron chi connectivity index (χ1n) is 6.76. The van der Waals surface area contributed by atoms with Crippen LogP contribution in [0.2, 0.25) is 0 Å². The van der Waals surface area contributed by atoms with E-state index < -0.39 is 0 Å². The van der Waals surface area contributed by atoms with Gasteiger partial charge in [0.05, 0.1) is 0 Å². The molecule has 0 aromatic heterocycles. The van der Waals surface area contributed by atoms with E-state index in [1.807, 2.05) is 12.1 Å². The minimum absolute atomic E-state index is 1.20. The summed E-state index contributed by atoms with van der Waals surface area (Å²) < 4.78 is 0. The van der Waals surface area contributed by atoms with E-state index in [0.717, 1.165) is 0 Å². The van der Waals surface area contributed by atoms with Crippen LogP contribution in [0.1, 0.15) is 11.1 Å². The lowest BCUT2D eigenvalue weighted by Crippen LogP contribution is -1.87. The lowest BCUT2D eigenvalue weighted by molar-refractivity contribution is 1.56. The Balaban J connectivity index is 2.15. The molecule has 0 radical (unpaired) electrons. The summed E-state index contributed by atoms with van der Waals surface area (Å²) >= 11 is 0. The number of fused-ring (bicyclic) bond motifs is 1. The van der Waals surface area contributed by atoms with E-state index in [9.17, 15) is 0 Å². The van der Waals surface area contributed by atoms with Crippen molar-refractivity contribution >= 4 is 16.3 Å². The molecular weight excluding hydrogens is 240 g/mol. The van der Waals surface area contributed by atoms with E-state index in [1.54, 1.807) is 0 Å². The van der Waals surface area contributed by atoms with E-state index >= 15 is 0 Å². The molecule has 0 unspecified atom stereocenters. The average Bonchev–Trinajstić information content (AvgIpc) is 2.53. The summed E-state index contributed by atoms with van der Waals surface area (Å²) in [6.45, 7) is 3.84. The molecule has 0 saturated carbocycles. The number of benzene rings is 3. The molecule has 0 atom stereocenters. The summed E-state index contributed by atoms with van der Waals surface area (Å²) in [4.78, 5) is 0. The molecule has 20 heavy (non-hydrogen) atoms. The average molecular weight is 256 g/mol. The van der Waals surface area contributed by atoms with Crippen molar-refractivity contribution in [1.29, 1.82) is 0 Å². The monoisotopic (exact) mass is 256 g/mol. The second kappa shape index (κ2) is 5.58. The van der Waals surface area contributed by atoms with Crippen LogP contribution in [0.5, 0.6) is 0 Å². The molecule has 0 aliphatic rings. The molecule has 3 aromatic carbocycles. The SMILES string of the molecule is C=C/C=C(/c1ccccc1)c1ccc2ccccc2c1. The van der Waals surface area contributed by atoms with Crippen LogP contribution >= 0.6 is 0 Å². The zero-order chi connectivity index (χ0) is 13.8. The first-order chi connectivity index (χ1) is 9.88. The van der Waals surface area contributed by atoms with Crippen molar-refractivity contribution in [2.24, 2.45) is 0 Å². The van der Waals surface area contributed by atoms with Gasteiger partial charge in [-0.25, -0.2) is 0 Å². The number of allylic oxidation sites excluding steroid dienone is 2. The molecule has 3 aromatic rings. The maximum atomic E-state index is 3.84. The molecule has 0 aliphatic carbocycles. The van der Waals surface area contributed by atoms with Crippen LogP contribution in [-0.4, -0.2) is 0 Å². The molecule has 0 nitrogen and oxygen atoms in total. The van der Waals surface area contributed by atoms with Crippen LogP contribution < -0.4 is 0 Å². The van der Waals surface area contributed by atoms with Crippen LogP contribution in [0.15, 0.2) is 91.5 Å². The Morgan fingerprint density at radius 2 is 1.40 bits per heavy atom. The molecule has 0 saturated heterocycles. The molecule has 0 heteroatoms. The third-order valence-corrected chi connectivity index (χ3v) is 3.43. The first kappa shape index (κ1) is 12.4. The largest absolute Gasteiger partial charge is 0.0990 e. The van der Waals surface area contributed by atoms with E-state index in [-0.39, 0.29) is 0 Å². The van der Waals surface area contributed by atoms with Gasteiger partial charge in [-0.15, -0.1) is 0 Å². The van der Waals surface area contributed by atoms with Gasteiger partial charge in [-0.2, -0.15) is 0 Å². The fourth-order valence-electron chi connectivity index (χ4n) is 2.45. The van der Waals surface area contributed by atoms with E-state index in [2.05, 4.69) is 79.4 Å². The van der Waals surface area contributed by atoms with Gasteiger partial charge >= 0.3 is 0 Å². The predicted octanol–water partition coefficient (Wildman–Crippen LogP) is 5.46. The summed E-state index contributed by atoms with van der Waals surface area (Å²) in [5.41, 5.74) is 3.63. The summed E-state index contributed by atoms with van der Waals surface area (Å²) in [6, 6.07) is 25.4. The third kappa shape index (κ3) is 2.41. The second-order valence-electron chi connectivity index (χ2n) is 4.74. The van der Waals surface area contributed by atoms with Crippen LogP contribution in [0, 0.1) is 0 Å². The summed E-state index contributed by atoms with van der Waals surface area (Å²) in [7, 11) is 0. The van der Waals surface area contributed by atoms with Crippen molar-refractivity contribution in [1.82, 2.24) is 0 Å². The zero-order valence-corrected chi connectivity index (χ0v) is 11.3. The van der Waals surface area contributed by atoms with Crippen molar-refractivity contribution in [3.05, 3.63) is 103 Å². The fourth-order valence-corrected chi connectivity index (χ4v) is 2.45. The lowest BCUT2D eigenvalue weighted by atomic mass is 9.95.